The average Bonchev–Trinajstić information content (AvgIpc) is 2.80. The fourth-order valence-corrected chi connectivity index (χ4v) is 3.76. The lowest BCUT2D eigenvalue weighted by Crippen LogP contribution is -2.50. The second-order valence-electron chi connectivity index (χ2n) is 8.33. The van der Waals surface area contributed by atoms with Gasteiger partial charge in [0.05, 0.1) is 19.2 Å². The van der Waals surface area contributed by atoms with Crippen LogP contribution in [0.3, 0.4) is 0 Å². The molecule has 0 saturated heterocycles. The summed E-state index contributed by atoms with van der Waals surface area (Å²) in [4.78, 5) is 33.2. The van der Waals surface area contributed by atoms with Crippen LogP contribution in [-0.2, 0) is 4.79 Å². The molecule has 32 heavy (non-hydrogen) atoms. The van der Waals surface area contributed by atoms with Gasteiger partial charge in [0, 0.05) is 37.7 Å². The number of aromatic nitrogens is 1. The summed E-state index contributed by atoms with van der Waals surface area (Å²) in [7, 11) is 1.73. The molecule has 0 unspecified atom stereocenters. The van der Waals surface area contributed by atoms with Gasteiger partial charge in [-0.3, -0.25) is 9.59 Å². The molecule has 8 heteroatoms. The number of aliphatic hydroxyl groups is 1. The largest absolute Gasteiger partial charge is 0.472 e. The zero-order valence-corrected chi connectivity index (χ0v) is 18.9. The average molecular weight is 444 g/mol. The first-order chi connectivity index (χ1) is 15.2. The van der Waals surface area contributed by atoms with Gasteiger partial charge in [-0.1, -0.05) is 26.0 Å². The van der Waals surface area contributed by atoms with Gasteiger partial charge in [0.25, 0.3) is 5.91 Å². The summed E-state index contributed by atoms with van der Waals surface area (Å²) in [5, 5.41) is 9.75. The van der Waals surface area contributed by atoms with Gasteiger partial charge in [-0.2, -0.15) is 0 Å². The van der Waals surface area contributed by atoms with Crippen LogP contribution in [0.4, 0.5) is 4.39 Å². The molecule has 1 aliphatic rings. The molecule has 1 aromatic carbocycles. The normalized spacial score (nSPS) is 19.4. The molecule has 0 saturated carbocycles. The number of carbonyl (C=O) groups excluding carboxylic acids is 2. The third kappa shape index (κ3) is 5.07. The maximum Gasteiger partial charge on any atom is 0.259 e. The van der Waals surface area contributed by atoms with Crippen LogP contribution in [0.15, 0.2) is 36.5 Å². The molecular weight excluding hydrogens is 413 g/mol. The number of carbonyl (C=O) groups is 2. The molecular formula is C24H30FN3O4. The van der Waals surface area contributed by atoms with Gasteiger partial charge >= 0.3 is 0 Å². The maximum atomic E-state index is 13.4. The second kappa shape index (κ2) is 10.1. The molecule has 1 N–H and O–H groups in total. The Labute approximate surface area is 187 Å². The lowest BCUT2D eigenvalue weighted by Gasteiger charge is -2.37. The first-order valence-corrected chi connectivity index (χ1v) is 10.8. The van der Waals surface area contributed by atoms with E-state index in [1.165, 1.54) is 12.1 Å². The number of aliphatic hydroxyl groups excluding tert-OH is 1. The van der Waals surface area contributed by atoms with Crippen LogP contribution in [0.2, 0.25) is 0 Å². The van der Waals surface area contributed by atoms with E-state index in [0.29, 0.717) is 25.1 Å². The summed E-state index contributed by atoms with van der Waals surface area (Å²) in [6.07, 6.45) is 1.59. The van der Waals surface area contributed by atoms with Crippen molar-refractivity contribution in [3.8, 4) is 17.0 Å². The number of halogens is 1. The van der Waals surface area contributed by atoms with Crippen LogP contribution in [-0.4, -0.2) is 70.6 Å². The molecule has 1 aliphatic heterocycles. The molecule has 1 aromatic heterocycles. The van der Waals surface area contributed by atoms with Crippen molar-refractivity contribution in [1.29, 1.82) is 0 Å². The molecule has 0 spiro atoms. The molecule has 172 valence electrons. The van der Waals surface area contributed by atoms with Crippen molar-refractivity contribution in [2.75, 3.05) is 26.7 Å². The molecule has 7 nitrogen and oxygen atoms in total. The van der Waals surface area contributed by atoms with Crippen LogP contribution in [0, 0.1) is 11.7 Å². The fraction of sp³-hybridized carbons (Fsp3) is 0.458. The van der Waals surface area contributed by atoms with Crippen molar-refractivity contribution in [3.05, 3.63) is 47.9 Å². The number of likely N-dealkylation sites (N-methyl/N-ethyl adjacent to an activating group) is 1. The molecule has 0 bridgehead atoms. The van der Waals surface area contributed by atoms with Crippen molar-refractivity contribution < 1.29 is 23.8 Å². The Kier molecular flexibility index (Phi) is 7.45. The van der Waals surface area contributed by atoms with Crippen molar-refractivity contribution >= 4 is 11.8 Å². The molecule has 2 aromatic rings. The fourth-order valence-electron chi connectivity index (χ4n) is 3.76. The molecule has 0 radical (unpaired) electrons. The number of rotatable bonds is 6. The summed E-state index contributed by atoms with van der Waals surface area (Å²) < 4.78 is 19.5. The number of benzene rings is 1. The van der Waals surface area contributed by atoms with Crippen molar-refractivity contribution in [2.45, 2.75) is 39.3 Å². The number of amides is 2. The van der Waals surface area contributed by atoms with Crippen molar-refractivity contribution in [3.63, 3.8) is 0 Å². The molecule has 3 atom stereocenters. The summed E-state index contributed by atoms with van der Waals surface area (Å²) in [6, 6.07) is 7.23. The number of ether oxygens (including phenoxy) is 1. The Morgan fingerprint density at radius 2 is 2.03 bits per heavy atom. The van der Waals surface area contributed by atoms with E-state index >= 15 is 0 Å². The zero-order chi connectivity index (χ0) is 23.4. The third-order valence-corrected chi connectivity index (χ3v) is 5.88. The highest BCUT2D eigenvalue weighted by Gasteiger charge is 2.34. The molecule has 2 amide bonds. The monoisotopic (exact) mass is 443 g/mol. The topological polar surface area (TPSA) is 83.0 Å². The smallest absolute Gasteiger partial charge is 0.259 e. The van der Waals surface area contributed by atoms with E-state index in [-0.39, 0.29) is 47.7 Å². The minimum atomic E-state index is -0.402. The van der Waals surface area contributed by atoms with Gasteiger partial charge in [0.1, 0.15) is 17.5 Å². The lowest BCUT2D eigenvalue weighted by molar-refractivity contribution is -0.131. The van der Waals surface area contributed by atoms with Gasteiger partial charge in [-0.25, -0.2) is 9.37 Å². The number of nitrogens with zero attached hydrogens (tertiary/aromatic N) is 3. The summed E-state index contributed by atoms with van der Waals surface area (Å²) in [6.45, 7) is 6.07. The lowest BCUT2D eigenvalue weighted by atomic mass is 9.99. The number of hydrogen-bond donors (Lipinski definition) is 1. The summed E-state index contributed by atoms with van der Waals surface area (Å²) >= 11 is 0. The van der Waals surface area contributed by atoms with Crippen LogP contribution < -0.4 is 4.74 Å². The predicted molar refractivity (Wildman–Crippen MR) is 119 cm³/mol. The third-order valence-electron chi connectivity index (χ3n) is 5.88. The van der Waals surface area contributed by atoms with E-state index < -0.39 is 6.04 Å². The van der Waals surface area contributed by atoms with Gasteiger partial charge < -0.3 is 19.6 Å². The number of hydrogen-bond acceptors (Lipinski definition) is 5. The Morgan fingerprint density at radius 3 is 2.66 bits per heavy atom. The van der Waals surface area contributed by atoms with Crippen molar-refractivity contribution in [1.82, 2.24) is 14.8 Å². The van der Waals surface area contributed by atoms with Gasteiger partial charge in [-0.05, 0) is 30.7 Å². The van der Waals surface area contributed by atoms with E-state index in [1.54, 1.807) is 55.1 Å². The predicted octanol–water partition coefficient (Wildman–Crippen LogP) is 2.98. The highest BCUT2D eigenvalue weighted by Crippen LogP contribution is 2.30. The van der Waals surface area contributed by atoms with E-state index in [0.717, 1.165) is 5.56 Å². The molecule has 3 rings (SSSR count). The van der Waals surface area contributed by atoms with Crippen LogP contribution in [0.25, 0.3) is 11.1 Å². The van der Waals surface area contributed by atoms with Gasteiger partial charge in [0.15, 0.2) is 0 Å². The highest BCUT2D eigenvalue weighted by atomic mass is 19.1. The standard InChI is InChI=1S/C24H30FN3O4/c1-5-22(30)27(4)13-21-15(2)12-28(16(3)14-29)24(31)20-10-18(11-26-23(20)32-21)17-6-8-19(25)9-7-17/h6-11,15-16,21,29H,5,12-14H2,1-4H3/t15-,16-,21+/m1/s1. The zero-order valence-electron chi connectivity index (χ0n) is 18.9. The minimum Gasteiger partial charge on any atom is -0.472 e. The first kappa shape index (κ1) is 23.7. The quantitative estimate of drug-likeness (QED) is 0.742. The Hall–Kier alpha value is -3.00. The number of fused-ring (bicyclic) bond motifs is 1. The second-order valence-corrected chi connectivity index (χ2v) is 8.33. The van der Waals surface area contributed by atoms with Crippen LogP contribution >= 0.6 is 0 Å². The Morgan fingerprint density at radius 1 is 1.34 bits per heavy atom. The summed E-state index contributed by atoms with van der Waals surface area (Å²) in [5.74, 6) is -0.560. The highest BCUT2D eigenvalue weighted by molar-refractivity contribution is 5.98. The van der Waals surface area contributed by atoms with Crippen molar-refractivity contribution in [2.24, 2.45) is 5.92 Å². The maximum absolute atomic E-state index is 13.4. The van der Waals surface area contributed by atoms with Crippen LogP contribution in [0.5, 0.6) is 5.88 Å². The SMILES string of the molecule is CCC(=O)N(C)C[C@@H]1Oc2ncc(-c3ccc(F)cc3)cc2C(=O)N([C@H](C)CO)C[C@H]1C. The van der Waals surface area contributed by atoms with Crippen LogP contribution in [0.1, 0.15) is 37.6 Å². The Bertz CT molecular complexity index is 966. The Balaban J connectivity index is 2.03. The number of pyridine rings is 1. The van der Waals surface area contributed by atoms with E-state index in [9.17, 15) is 19.1 Å². The van der Waals surface area contributed by atoms with Gasteiger partial charge in [0.2, 0.25) is 11.8 Å². The molecule has 0 fully saturated rings. The van der Waals surface area contributed by atoms with E-state index in [4.69, 9.17) is 4.74 Å². The van der Waals surface area contributed by atoms with E-state index in [2.05, 4.69) is 4.98 Å². The minimum absolute atomic E-state index is 0.000594. The first-order valence-electron chi connectivity index (χ1n) is 10.8. The van der Waals surface area contributed by atoms with E-state index in [1.807, 2.05) is 6.92 Å². The summed E-state index contributed by atoms with van der Waals surface area (Å²) in [5.41, 5.74) is 1.64. The van der Waals surface area contributed by atoms with Gasteiger partial charge in [-0.15, -0.1) is 0 Å². The molecule has 0 aliphatic carbocycles. The molecule has 2 heterocycles.